The number of unbranched alkanes of at least 4 members (excludes halogenated alkanes) is 11. The Morgan fingerprint density at radius 2 is 1.11 bits per heavy atom. The van der Waals surface area contributed by atoms with Crippen LogP contribution in [0, 0.1) is 6.92 Å². The van der Waals surface area contributed by atoms with Crippen LogP contribution in [-0.2, 0) is 4.74 Å². The predicted octanol–water partition coefficient (Wildman–Crippen LogP) is 5.93. The molecule has 0 saturated carbocycles. The molecule has 0 amide bonds. The Balaban J connectivity index is 2.94. The van der Waals surface area contributed by atoms with Gasteiger partial charge < -0.3 is 4.74 Å². The molecule has 0 rings (SSSR count). The molecular weight excluding hydrogens is 220 g/mol. The van der Waals surface area contributed by atoms with Gasteiger partial charge in [0.25, 0.3) is 0 Å². The SMILES string of the molecule is [CH2]CCCCCCCCCCCCCC(C)OC. The maximum atomic E-state index is 5.25. The average molecular weight is 255 g/mol. The van der Waals surface area contributed by atoms with Crippen molar-refractivity contribution in [3.05, 3.63) is 6.92 Å². The third kappa shape index (κ3) is 14.0. The Labute approximate surface area is 116 Å². The molecule has 0 aliphatic rings. The van der Waals surface area contributed by atoms with Crippen molar-refractivity contribution in [2.45, 2.75) is 96.5 Å². The zero-order valence-electron chi connectivity index (χ0n) is 12.9. The van der Waals surface area contributed by atoms with Crippen molar-refractivity contribution < 1.29 is 4.74 Å². The van der Waals surface area contributed by atoms with Crippen LogP contribution in [0.2, 0.25) is 0 Å². The lowest BCUT2D eigenvalue weighted by Crippen LogP contribution is -2.03. The predicted molar refractivity (Wildman–Crippen MR) is 81.8 cm³/mol. The van der Waals surface area contributed by atoms with Crippen LogP contribution in [0.3, 0.4) is 0 Å². The van der Waals surface area contributed by atoms with Crippen LogP contribution in [0.25, 0.3) is 0 Å². The summed E-state index contributed by atoms with van der Waals surface area (Å²) in [5.74, 6) is 0. The monoisotopic (exact) mass is 255 g/mol. The van der Waals surface area contributed by atoms with E-state index >= 15 is 0 Å². The van der Waals surface area contributed by atoms with Gasteiger partial charge in [-0.2, -0.15) is 0 Å². The average Bonchev–Trinajstić information content (AvgIpc) is 2.39. The van der Waals surface area contributed by atoms with E-state index in [1.54, 1.807) is 0 Å². The number of ether oxygens (including phenoxy) is 1. The van der Waals surface area contributed by atoms with Crippen molar-refractivity contribution in [3.63, 3.8) is 0 Å². The largest absolute Gasteiger partial charge is 0.382 e. The molecule has 1 radical (unpaired) electrons. The number of hydrogen-bond acceptors (Lipinski definition) is 1. The number of rotatable bonds is 14. The van der Waals surface area contributed by atoms with Crippen LogP contribution < -0.4 is 0 Å². The number of methoxy groups -OCH3 is 1. The fourth-order valence-electron chi connectivity index (χ4n) is 2.32. The molecular formula is C17H35O. The van der Waals surface area contributed by atoms with Crippen LogP contribution in [0.5, 0.6) is 0 Å². The third-order valence-electron chi connectivity index (χ3n) is 3.76. The molecule has 0 heterocycles. The second-order valence-electron chi connectivity index (χ2n) is 5.58. The summed E-state index contributed by atoms with van der Waals surface area (Å²) in [6, 6.07) is 0. The summed E-state index contributed by atoms with van der Waals surface area (Å²) in [6.07, 6.45) is 18.2. The first kappa shape index (κ1) is 18.0. The first-order valence-electron chi connectivity index (χ1n) is 8.13. The quantitative estimate of drug-likeness (QED) is 0.350. The molecule has 0 saturated heterocycles. The summed E-state index contributed by atoms with van der Waals surface area (Å²) in [5, 5.41) is 0. The molecule has 18 heavy (non-hydrogen) atoms. The Morgan fingerprint density at radius 1 is 0.722 bits per heavy atom. The van der Waals surface area contributed by atoms with Crippen LogP contribution in [-0.4, -0.2) is 13.2 Å². The highest BCUT2D eigenvalue weighted by atomic mass is 16.5. The summed E-state index contributed by atoms with van der Waals surface area (Å²) < 4.78 is 5.25. The number of hydrogen-bond donors (Lipinski definition) is 0. The van der Waals surface area contributed by atoms with Crippen molar-refractivity contribution >= 4 is 0 Å². The lowest BCUT2D eigenvalue weighted by molar-refractivity contribution is 0.108. The van der Waals surface area contributed by atoms with Gasteiger partial charge in [-0.05, 0) is 13.3 Å². The van der Waals surface area contributed by atoms with E-state index in [0.717, 1.165) is 6.42 Å². The van der Waals surface area contributed by atoms with Crippen molar-refractivity contribution in [2.24, 2.45) is 0 Å². The van der Waals surface area contributed by atoms with Crippen molar-refractivity contribution in [3.8, 4) is 0 Å². The first-order chi connectivity index (χ1) is 8.81. The molecule has 0 bridgehead atoms. The van der Waals surface area contributed by atoms with E-state index in [0.29, 0.717) is 6.10 Å². The van der Waals surface area contributed by atoms with Gasteiger partial charge >= 0.3 is 0 Å². The molecule has 0 aromatic heterocycles. The van der Waals surface area contributed by atoms with E-state index in [4.69, 9.17) is 4.74 Å². The zero-order valence-corrected chi connectivity index (χ0v) is 12.9. The van der Waals surface area contributed by atoms with Crippen LogP contribution >= 0.6 is 0 Å². The minimum Gasteiger partial charge on any atom is -0.382 e. The van der Waals surface area contributed by atoms with Crippen molar-refractivity contribution in [1.29, 1.82) is 0 Å². The first-order valence-corrected chi connectivity index (χ1v) is 8.13. The van der Waals surface area contributed by atoms with E-state index in [2.05, 4.69) is 13.8 Å². The Morgan fingerprint density at radius 3 is 1.50 bits per heavy atom. The van der Waals surface area contributed by atoms with E-state index in [1.165, 1.54) is 77.0 Å². The lowest BCUT2D eigenvalue weighted by Gasteiger charge is -2.08. The Hall–Kier alpha value is -0.0400. The van der Waals surface area contributed by atoms with Crippen LogP contribution in [0.15, 0.2) is 0 Å². The molecule has 0 aromatic carbocycles. The Bertz CT molecular complexity index is 145. The molecule has 0 spiro atoms. The van der Waals surface area contributed by atoms with Gasteiger partial charge in [0.1, 0.15) is 0 Å². The summed E-state index contributed by atoms with van der Waals surface area (Å²) >= 11 is 0. The molecule has 0 fully saturated rings. The highest BCUT2D eigenvalue weighted by Gasteiger charge is 1.98. The molecule has 1 unspecified atom stereocenters. The fourth-order valence-corrected chi connectivity index (χ4v) is 2.32. The van der Waals surface area contributed by atoms with E-state index in [-0.39, 0.29) is 0 Å². The van der Waals surface area contributed by atoms with Crippen LogP contribution in [0.4, 0.5) is 0 Å². The highest BCUT2D eigenvalue weighted by molar-refractivity contribution is 4.52. The van der Waals surface area contributed by atoms with Gasteiger partial charge in [0.15, 0.2) is 0 Å². The lowest BCUT2D eigenvalue weighted by atomic mass is 10.0. The Kier molecular flexibility index (Phi) is 15.0. The summed E-state index contributed by atoms with van der Waals surface area (Å²) in [6.45, 7) is 6.04. The molecule has 0 aromatic rings. The van der Waals surface area contributed by atoms with Gasteiger partial charge in [0, 0.05) is 7.11 Å². The van der Waals surface area contributed by atoms with Crippen LogP contribution in [0.1, 0.15) is 90.4 Å². The maximum absolute atomic E-state index is 5.25. The van der Waals surface area contributed by atoms with E-state index in [1.807, 2.05) is 7.11 Å². The molecule has 0 aliphatic heterocycles. The van der Waals surface area contributed by atoms with Gasteiger partial charge in [-0.3, -0.25) is 0 Å². The van der Waals surface area contributed by atoms with E-state index < -0.39 is 0 Å². The van der Waals surface area contributed by atoms with Gasteiger partial charge in [-0.25, -0.2) is 0 Å². The standard InChI is InChI=1S/C17H35O/c1-4-5-6-7-8-9-10-11-12-13-14-15-16-17(2)18-3/h17H,1,4-16H2,2-3H3. The van der Waals surface area contributed by atoms with Gasteiger partial charge in [-0.1, -0.05) is 84.0 Å². The van der Waals surface area contributed by atoms with Crippen molar-refractivity contribution in [1.82, 2.24) is 0 Å². The van der Waals surface area contributed by atoms with Gasteiger partial charge in [0.2, 0.25) is 0 Å². The third-order valence-corrected chi connectivity index (χ3v) is 3.76. The van der Waals surface area contributed by atoms with Crippen molar-refractivity contribution in [2.75, 3.05) is 7.11 Å². The van der Waals surface area contributed by atoms with E-state index in [9.17, 15) is 0 Å². The summed E-state index contributed by atoms with van der Waals surface area (Å²) in [4.78, 5) is 0. The summed E-state index contributed by atoms with van der Waals surface area (Å²) in [7, 11) is 1.81. The second kappa shape index (κ2) is 15.0. The summed E-state index contributed by atoms with van der Waals surface area (Å²) in [5.41, 5.74) is 0. The minimum absolute atomic E-state index is 0.448. The maximum Gasteiger partial charge on any atom is 0.0543 e. The minimum atomic E-state index is 0.448. The second-order valence-corrected chi connectivity index (χ2v) is 5.58. The zero-order chi connectivity index (χ0) is 13.5. The molecule has 1 heteroatoms. The molecule has 1 nitrogen and oxygen atoms in total. The fraction of sp³-hybridized carbons (Fsp3) is 0.941. The van der Waals surface area contributed by atoms with Gasteiger partial charge in [0.05, 0.1) is 6.10 Å². The molecule has 109 valence electrons. The van der Waals surface area contributed by atoms with Gasteiger partial charge in [-0.15, -0.1) is 0 Å². The molecule has 1 atom stereocenters. The molecule has 0 N–H and O–H groups in total. The topological polar surface area (TPSA) is 9.23 Å². The normalized spacial score (nSPS) is 12.8. The highest BCUT2D eigenvalue weighted by Crippen LogP contribution is 2.13. The smallest absolute Gasteiger partial charge is 0.0543 e. The molecule has 0 aliphatic carbocycles.